The van der Waals surface area contributed by atoms with Gasteiger partial charge in [0.2, 0.25) is 5.91 Å². The Morgan fingerprint density at radius 3 is 2.31 bits per heavy atom. The molecule has 1 aliphatic carbocycles. The van der Waals surface area contributed by atoms with Crippen LogP contribution in [-0.2, 0) is 14.6 Å². The molecule has 0 spiro atoms. The van der Waals surface area contributed by atoms with Crippen molar-refractivity contribution in [2.24, 2.45) is 0 Å². The molecule has 26 heavy (non-hydrogen) atoms. The maximum atomic E-state index is 12.4. The van der Waals surface area contributed by atoms with Gasteiger partial charge in [-0.1, -0.05) is 48.5 Å². The van der Waals surface area contributed by atoms with Crippen LogP contribution in [0.25, 0.3) is 11.1 Å². The summed E-state index contributed by atoms with van der Waals surface area (Å²) in [6, 6.07) is 17.2. The first-order valence-electron chi connectivity index (χ1n) is 8.71. The van der Waals surface area contributed by atoms with Crippen molar-refractivity contribution in [3.05, 3.63) is 54.6 Å². The number of hydrogen-bond acceptors (Lipinski definition) is 4. The Morgan fingerprint density at radius 2 is 1.69 bits per heavy atom. The van der Waals surface area contributed by atoms with Crippen molar-refractivity contribution < 1.29 is 13.2 Å². The summed E-state index contributed by atoms with van der Waals surface area (Å²) in [5, 5.41) is 6.00. The van der Waals surface area contributed by atoms with E-state index in [0.29, 0.717) is 12.8 Å². The summed E-state index contributed by atoms with van der Waals surface area (Å²) in [7, 11) is -3.13. The second-order valence-corrected chi connectivity index (χ2v) is 9.26. The second kappa shape index (κ2) is 7.21. The fraction of sp³-hybridized carbons (Fsp3) is 0.350. The molecule has 1 unspecified atom stereocenters. The van der Waals surface area contributed by atoms with Gasteiger partial charge in [0.25, 0.3) is 0 Å². The smallest absolute Gasteiger partial charge is 0.238 e. The standard InChI is InChI=1S/C20H24N2O3S/c1-15(20(12-13-20)26(2,24)25)21-14-19(23)22-18-11-7-6-10-17(18)16-8-4-3-5-9-16/h3-11,15,21H,12-14H2,1-2H3,(H,22,23). The molecular formula is C20H24N2O3S. The van der Waals surface area contributed by atoms with Gasteiger partial charge in [-0.2, -0.15) is 0 Å². The SMILES string of the molecule is CC(NCC(=O)Nc1ccccc1-c1ccccc1)C1(S(C)(=O)=O)CC1. The molecule has 0 aromatic heterocycles. The fourth-order valence-electron chi connectivity index (χ4n) is 3.34. The lowest BCUT2D eigenvalue weighted by Gasteiger charge is -2.23. The summed E-state index contributed by atoms with van der Waals surface area (Å²) >= 11 is 0. The molecule has 0 radical (unpaired) electrons. The van der Waals surface area contributed by atoms with Crippen LogP contribution in [0, 0.1) is 0 Å². The minimum absolute atomic E-state index is 0.0710. The van der Waals surface area contributed by atoms with Gasteiger partial charge in [-0.05, 0) is 31.4 Å². The van der Waals surface area contributed by atoms with Crippen LogP contribution in [0.5, 0.6) is 0 Å². The molecule has 6 heteroatoms. The van der Waals surface area contributed by atoms with Crippen molar-refractivity contribution in [3.8, 4) is 11.1 Å². The Bertz CT molecular complexity index is 890. The maximum absolute atomic E-state index is 12.4. The van der Waals surface area contributed by atoms with Crippen LogP contribution in [0.2, 0.25) is 0 Å². The number of nitrogens with one attached hydrogen (secondary N) is 2. The van der Waals surface area contributed by atoms with E-state index in [0.717, 1.165) is 16.8 Å². The highest BCUT2D eigenvalue weighted by Gasteiger charge is 2.55. The molecule has 2 aromatic rings. The van der Waals surface area contributed by atoms with Gasteiger partial charge in [0.15, 0.2) is 9.84 Å². The molecule has 5 nitrogen and oxygen atoms in total. The molecule has 2 N–H and O–H groups in total. The summed E-state index contributed by atoms with van der Waals surface area (Å²) in [5.41, 5.74) is 2.71. The third kappa shape index (κ3) is 3.81. The first-order chi connectivity index (χ1) is 12.3. The van der Waals surface area contributed by atoms with E-state index in [2.05, 4.69) is 10.6 Å². The number of anilines is 1. The Hall–Kier alpha value is -2.18. The van der Waals surface area contributed by atoms with Crippen LogP contribution in [0.3, 0.4) is 0 Å². The lowest BCUT2D eigenvalue weighted by Crippen LogP contribution is -2.46. The minimum Gasteiger partial charge on any atom is -0.324 e. The average Bonchev–Trinajstić information content (AvgIpc) is 3.43. The first-order valence-corrected chi connectivity index (χ1v) is 10.6. The van der Waals surface area contributed by atoms with E-state index in [9.17, 15) is 13.2 Å². The summed E-state index contributed by atoms with van der Waals surface area (Å²) in [4.78, 5) is 12.4. The topological polar surface area (TPSA) is 75.3 Å². The maximum Gasteiger partial charge on any atom is 0.238 e. The van der Waals surface area contributed by atoms with Gasteiger partial charge in [0.1, 0.15) is 0 Å². The number of benzene rings is 2. The largest absolute Gasteiger partial charge is 0.324 e. The Labute approximate surface area is 154 Å². The van der Waals surface area contributed by atoms with E-state index < -0.39 is 14.6 Å². The van der Waals surface area contributed by atoms with Crippen molar-refractivity contribution in [2.75, 3.05) is 18.1 Å². The predicted octanol–water partition coefficient (Wildman–Crippen LogP) is 2.85. The van der Waals surface area contributed by atoms with Gasteiger partial charge in [-0.15, -0.1) is 0 Å². The van der Waals surface area contributed by atoms with Gasteiger partial charge in [0, 0.05) is 23.5 Å². The zero-order valence-corrected chi connectivity index (χ0v) is 15.8. The summed E-state index contributed by atoms with van der Waals surface area (Å²) in [5.74, 6) is -0.190. The van der Waals surface area contributed by atoms with Gasteiger partial charge in [0.05, 0.1) is 11.3 Å². The lowest BCUT2D eigenvalue weighted by atomic mass is 10.0. The van der Waals surface area contributed by atoms with E-state index in [1.807, 2.05) is 61.5 Å². The first kappa shape index (κ1) is 18.6. The second-order valence-electron chi connectivity index (χ2n) is 6.90. The van der Waals surface area contributed by atoms with Crippen LogP contribution in [0.4, 0.5) is 5.69 Å². The van der Waals surface area contributed by atoms with E-state index in [1.165, 1.54) is 6.26 Å². The summed E-state index contributed by atoms with van der Waals surface area (Å²) < 4.78 is 23.2. The zero-order valence-electron chi connectivity index (χ0n) is 15.0. The number of carbonyl (C=O) groups excluding carboxylic acids is 1. The third-order valence-corrected chi connectivity index (χ3v) is 7.36. The normalized spacial score (nSPS) is 16.7. The highest BCUT2D eigenvalue weighted by atomic mass is 32.2. The number of amides is 1. The summed E-state index contributed by atoms with van der Waals surface area (Å²) in [6.07, 6.45) is 2.57. The van der Waals surface area contributed by atoms with Crippen LogP contribution in [0.15, 0.2) is 54.6 Å². The van der Waals surface area contributed by atoms with Crippen LogP contribution >= 0.6 is 0 Å². The molecule has 1 atom stereocenters. The van der Waals surface area contributed by atoms with Gasteiger partial charge in [-0.3, -0.25) is 4.79 Å². The van der Waals surface area contributed by atoms with Crippen molar-refractivity contribution in [3.63, 3.8) is 0 Å². The van der Waals surface area contributed by atoms with Crippen LogP contribution < -0.4 is 10.6 Å². The molecule has 0 saturated heterocycles. The molecule has 1 saturated carbocycles. The van der Waals surface area contributed by atoms with E-state index in [-0.39, 0.29) is 18.5 Å². The molecule has 3 rings (SSSR count). The monoisotopic (exact) mass is 372 g/mol. The van der Waals surface area contributed by atoms with Gasteiger partial charge in [-0.25, -0.2) is 8.42 Å². The molecule has 0 aliphatic heterocycles. The van der Waals surface area contributed by atoms with Gasteiger partial charge < -0.3 is 10.6 Å². The average molecular weight is 372 g/mol. The molecule has 1 amide bonds. The van der Waals surface area contributed by atoms with Crippen LogP contribution in [0.1, 0.15) is 19.8 Å². The number of hydrogen-bond donors (Lipinski definition) is 2. The molecule has 1 fully saturated rings. The zero-order chi connectivity index (χ0) is 18.8. The number of rotatable bonds is 7. The van der Waals surface area contributed by atoms with Crippen LogP contribution in [-0.4, -0.2) is 37.9 Å². The molecule has 2 aromatic carbocycles. The quantitative estimate of drug-likeness (QED) is 0.784. The summed E-state index contributed by atoms with van der Waals surface area (Å²) in [6.45, 7) is 1.90. The minimum atomic E-state index is -3.13. The van der Waals surface area contributed by atoms with E-state index in [4.69, 9.17) is 0 Å². The molecule has 0 heterocycles. The van der Waals surface area contributed by atoms with E-state index >= 15 is 0 Å². The number of carbonyl (C=O) groups is 1. The Morgan fingerprint density at radius 1 is 1.08 bits per heavy atom. The highest BCUT2D eigenvalue weighted by Crippen LogP contribution is 2.45. The Kier molecular flexibility index (Phi) is 5.16. The number of sulfone groups is 1. The van der Waals surface area contributed by atoms with Crippen molar-refractivity contribution >= 4 is 21.4 Å². The molecule has 138 valence electrons. The Balaban J connectivity index is 1.65. The lowest BCUT2D eigenvalue weighted by molar-refractivity contribution is -0.115. The predicted molar refractivity (Wildman–Crippen MR) is 105 cm³/mol. The van der Waals surface area contributed by atoms with E-state index in [1.54, 1.807) is 0 Å². The molecule has 0 bridgehead atoms. The fourth-order valence-corrected chi connectivity index (χ4v) is 4.91. The van der Waals surface area contributed by atoms with Crippen molar-refractivity contribution in [1.29, 1.82) is 0 Å². The van der Waals surface area contributed by atoms with Crippen molar-refractivity contribution in [2.45, 2.75) is 30.6 Å². The highest BCUT2D eigenvalue weighted by molar-refractivity contribution is 7.92. The third-order valence-electron chi connectivity index (χ3n) is 5.13. The molecular weight excluding hydrogens is 348 g/mol. The van der Waals surface area contributed by atoms with Crippen molar-refractivity contribution in [1.82, 2.24) is 5.32 Å². The number of para-hydroxylation sites is 1. The van der Waals surface area contributed by atoms with Gasteiger partial charge >= 0.3 is 0 Å². The molecule has 1 aliphatic rings.